The van der Waals surface area contributed by atoms with Crippen LogP contribution in [0.25, 0.3) is 11.3 Å². The van der Waals surface area contributed by atoms with E-state index in [9.17, 15) is 21.6 Å². The minimum absolute atomic E-state index is 0.0293. The van der Waals surface area contributed by atoms with Crippen LogP contribution in [0.4, 0.5) is 13.2 Å². The molecular formula is C16H17F3N2O3S2. The number of sulfonamides is 1. The fourth-order valence-electron chi connectivity index (χ4n) is 2.69. The smallest absolute Gasteiger partial charge is 0.351 e. The van der Waals surface area contributed by atoms with E-state index in [1.165, 1.54) is 23.4 Å². The Morgan fingerprint density at radius 2 is 2.08 bits per heavy atom. The maximum Gasteiger partial charge on any atom is 0.452 e. The van der Waals surface area contributed by atoms with E-state index < -0.39 is 22.0 Å². The van der Waals surface area contributed by atoms with Crippen molar-refractivity contribution in [2.75, 3.05) is 6.54 Å². The number of hydrogen-bond donors (Lipinski definition) is 1. The van der Waals surface area contributed by atoms with Crippen LogP contribution >= 0.6 is 11.3 Å². The van der Waals surface area contributed by atoms with Gasteiger partial charge in [0.2, 0.25) is 15.8 Å². The number of nitrogens with one attached hydrogen (secondary N) is 1. The molecule has 0 atom stereocenters. The van der Waals surface area contributed by atoms with Crippen molar-refractivity contribution >= 4 is 21.4 Å². The van der Waals surface area contributed by atoms with E-state index in [4.69, 9.17) is 0 Å². The van der Waals surface area contributed by atoms with Crippen LogP contribution in [0, 0.1) is 0 Å². The number of halogens is 3. The van der Waals surface area contributed by atoms with Gasteiger partial charge in [0.15, 0.2) is 0 Å². The summed E-state index contributed by atoms with van der Waals surface area (Å²) in [6.45, 7) is 0.295. The van der Waals surface area contributed by atoms with Crippen LogP contribution in [0.15, 0.2) is 37.9 Å². The van der Waals surface area contributed by atoms with Crippen LogP contribution in [-0.4, -0.2) is 20.1 Å². The Hall–Kier alpha value is -1.65. The molecule has 26 heavy (non-hydrogen) atoms. The summed E-state index contributed by atoms with van der Waals surface area (Å²) in [5, 5.41) is 4.80. The zero-order valence-corrected chi connectivity index (χ0v) is 15.3. The van der Waals surface area contributed by atoms with Gasteiger partial charge in [0.25, 0.3) is 0 Å². The van der Waals surface area contributed by atoms with Crippen molar-refractivity contribution < 1.29 is 26.1 Å². The molecule has 0 saturated carbocycles. The van der Waals surface area contributed by atoms with Crippen molar-refractivity contribution in [3.05, 3.63) is 34.9 Å². The highest BCUT2D eigenvalue weighted by molar-refractivity contribution is 7.91. The maximum atomic E-state index is 12.6. The molecule has 1 aliphatic carbocycles. The topological polar surface area (TPSA) is 72.2 Å². The lowest BCUT2D eigenvalue weighted by molar-refractivity contribution is -0.155. The van der Waals surface area contributed by atoms with Crippen molar-refractivity contribution in [3.63, 3.8) is 0 Å². The standard InChI is InChI=1S/C16H17F3N2O3S2/c17-16(18,19)14-9-13(21-24-14)12-8-15(25-10-12)26(22,23)20-7-6-11-4-2-1-3-5-11/h4,8-10,20H,1-3,5-7H2. The summed E-state index contributed by atoms with van der Waals surface area (Å²) in [6, 6.07) is 2.05. The van der Waals surface area contributed by atoms with Crippen LogP contribution < -0.4 is 4.72 Å². The second kappa shape index (κ2) is 7.53. The van der Waals surface area contributed by atoms with Crippen LogP contribution in [-0.2, 0) is 16.2 Å². The van der Waals surface area contributed by atoms with Crippen LogP contribution in [0.1, 0.15) is 37.9 Å². The number of hydrogen-bond acceptors (Lipinski definition) is 5. The van der Waals surface area contributed by atoms with E-state index in [1.54, 1.807) is 0 Å². The molecule has 0 aromatic carbocycles. The molecule has 1 N–H and O–H groups in total. The Balaban J connectivity index is 1.66. The summed E-state index contributed by atoms with van der Waals surface area (Å²) < 4.78 is 69.2. The van der Waals surface area contributed by atoms with Crippen molar-refractivity contribution in [2.24, 2.45) is 0 Å². The Labute approximate surface area is 152 Å². The van der Waals surface area contributed by atoms with Gasteiger partial charge < -0.3 is 4.52 Å². The number of nitrogens with zero attached hydrogens (tertiary/aromatic N) is 1. The zero-order chi connectivity index (χ0) is 18.8. The Morgan fingerprint density at radius 3 is 2.73 bits per heavy atom. The lowest BCUT2D eigenvalue weighted by atomic mass is 9.97. The summed E-state index contributed by atoms with van der Waals surface area (Å²) >= 11 is 0.926. The lowest BCUT2D eigenvalue weighted by Crippen LogP contribution is -2.24. The van der Waals surface area contributed by atoms with Crippen LogP contribution in [0.2, 0.25) is 0 Å². The minimum atomic E-state index is -4.63. The van der Waals surface area contributed by atoms with Gasteiger partial charge >= 0.3 is 6.18 Å². The van der Waals surface area contributed by atoms with Gasteiger partial charge in [-0.3, -0.25) is 0 Å². The van der Waals surface area contributed by atoms with E-state index in [0.717, 1.165) is 36.7 Å². The molecule has 0 bridgehead atoms. The number of rotatable bonds is 6. The van der Waals surface area contributed by atoms with Gasteiger partial charge in [-0.1, -0.05) is 16.8 Å². The first-order chi connectivity index (χ1) is 12.3. The molecule has 0 unspecified atom stereocenters. The Kier molecular flexibility index (Phi) is 5.54. The maximum absolute atomic E-state index is 12.6. The van der Waals surface area contributed by atoms with Crippen molar-refractivity contribution in [1.82, 2.24) is 9.88 Å². The average Bonchev–Trinajstić information content (AvgIpc) is 3.25. The summed E-state index contributed by atoms with van der Waals surface area (Å²) in [4.78, 5) is 0. The molecular weight excluding hydrogens is 389 g/mol. The number of thiophene rings is 1. The third-order valence-corrected chi connectivity index (χ3v) is 6.95. The van der Waals surface area contributed by atoms with E-state index in [-0.39, 0.29) is 15.5 Å². The van der Waals surface area contributed by atoms with Gasteiger partial charge in [-0.05, 0) is 38.2 Å². The summed E-state index contributed by atoms with van der Waals surface area (Å²) in [5.74, 6) is -1.22. The van der Waals surface area contributed by atoms with E-state index in [1.807, 2.05) is 0 Å². The first kappa shape index (κ1) is 19.1. The summed E-state index contributed by atoms with van der Waals surface area (Å²) in [7, 11) is -3.71. The summed E-state index contributed by atoms with van der Waals surface area (Å²) in [6.07, 6.45) is 2.52. The molecule has 1 aliphatic rings. The Morgan fingerprint density at radius 1 is 1.27 bits per heavy atom. The number of aromatic nitrogens is 1. The average molecular weight is 406 g/mol. The monoisotopic (exact) mass is 406 g/mol. The van der Waals surface area contributed by atoms with E-state index in [0.29, 0.717) is 13.0 Å². The van der Waals surface area contributed by atoms with Crippen molar-refractivity contribution in [1.29, 1.82) is 0 Å². The lowest BCUT2D eigenvalue weighted by Gasteiger charge is -2.12. The van der Waals surface area contributed by atoms with Gasteiger partial charge in [-0.15, -0.1) is 11.3 Å². The first-order valence-corrected chi connectivity index (χ1v) is 10.4. The van der Waals surface area contributed by atoms with Gasteiger partial charge in [0.05, 0.1) is 0 Å². The van der Waals surface area contributed by atoms with Gasteiger partial charge in [0, 0.05) is 23.6 Å². The molecule has 0 saturated heterocycles. The van der Waals surface area contributed by atoms with E-state index >= 15 is 0 Å². The highest BCUT2D eigenvalue weighted by Crippen LogP contribution is 2.34. The molecule has 0 aliphatic heterocycles. The van der Waals surface area contributed by atoms with Crippen molar-refractivity contribution in [2.45, 2.75) is 42.5 Å². The fourth-order valence-corrected chi connectivity index (χ4v) is 4.94. The van der Waals surface area contributed by atoms with E-state index in [2.05, 4.69) is 20.5 Å². The SMILES string of the molecule is O=S(=O)(NCCC1=CCCCC1)c1cc(-c2cc(C(F)(F)F)on2)cs1. The van der Waals surface area contributed by atoms with Crippen LogP contribution in [0.5, 0.6) is 0 Å². The third kappa shape index (κ3) is 4.54. The van der Waals surface area contributed by atoms with Gasteiger partial charge in [-0.25, -0.2) is 13.1 Å². The first-order valence-electron chi connectivity index (χ1n) is 8.06. The predicted molar refractivity (Wildman–Crippen MR) is 91.2 cm³/mol. The molecule has 0 fully saturated rings. The second-order valence-electron chi connectivity index (χ2n) is 5.98. The largest absolute Gasteiger partial charge is 0.452 e. The highest BCUT2D eigenvalue weighted by atomic mass is 32.2. The molecule has 0 radical (unpaired) electrons. The molecule has 3 rings (SSSR count). The quantitative estimate of drug-likeness (QED) is 0.712. The van der Waals surface area contributed by atoms with Gasteiger partial charge in [-0.2, -0.15) is 13.2 Å². The normalized spacial score (nSPS) is 15.9. The van der Waals surface area contributed by atoms with Crippen LogP contribution in [0.3, 0.4) is 0 Å². The number of alkyl halides is 3. The molecule has 10 heteroatoms. The predicted octanol–water partition coefficient (Wildman–Crippen LogP) is 4.59. The highest BCUT2D eigenvalue weighted by Gasteiger charge is 2.36. The number of allylic oxidation sites excluding steroid dienone is 1. The molecule has 0 spiro atoms. The van der Waals surface area contributed by atoms with Gasteiger partial charge in [0.1, 0.15) is 9.90 Å². The molecule has 5 nitrogen and oxygen atoms in total. The fraction of sp³-hybridized carbons (Fsp3) is 0.438. The molecule has 142 valence electrons. The zero-order valence-electron chi connectivity index (χ0n) is 13.7. The summed E-state index contributed by atoms with van der Waals surface area (Å²) in [5.41, 5.74) is 1.47. The van der Waals surface area contributed by atoms with Crippen molar-refractivity contribution in [3.8, 4) is 11.3 Å². The second-order valence-corrected chi connectivity index (χ2v) is 8.89. The minimum Gasteiger partial charge on any atom is -0.351 e. The molecule has 2 aromatic heterocycles. The molecule has 2 aromatic rings. The Bertz CT molecular complexity index is 898. The third-order valence-electron chi connectivity index (χ3n) is 4.05. The molecule has 2 heterocycles. The molecule has 0 amide bonds.